The SMILES string of the molecule is CSCCCN1CCC(Cc2ccc(C(=O)O)cc2)C1. The summed E-state index contributed by atoms with van der Waals surface area (Å²) in [6, 6.07) is 7.34. The van der Waals surface area contributed by atoms with Gasteiger partial charge in [0, 0.05) is 6.54 Å². The van der Waals surface area contributed by atoms with E-state index in [1.54, 1.807) is 12.1 Å². The molecule has 1 aromatic rings. The molecule has 110 valence electrons. The Kier molecular flexibility index (Phi) is 5.92. The Morgan fingerprint density at radius 1 is 1.40 bits per heavy atom. The van der Waals surface area contributed by atoms with Crippen LogP contribution in [-0.2, 0) is 6.42 Å². The molecule has 4 heteroatoms. The number of likely N-dealkylation sites (tertiary alicyclic amines) is 1. The number of carboxylic acid groups (broad SMARTS) is 1. The van der Waals surface area contributed by atoms with Crippen molar-refractivity contribution in [2.75, 3.05) is 31.6 Å². The molecule has 0 spiro atoms. The fraction of sp³-hybridized carbons (Fsp3) is 0.562. The molecule has 0 aliphatic carbocycles. The van der Waals surface area contributed by atoms with E-state index in [4.69, 9.17) is 5.11 Å². The summed E-state index contributed by atoms with van der Waals surface area (Å²) >= 11 is 1.92. The van der Waals surface area contributed by atoms with E-state index in [0.717, 1.165) is 12.3 Å². The fourth-order valence-electron chi connectivity index (χ4n) is 2.83. The summed E-state index contributed by atoms with van der Waals surface area (Å²) < 4.78 is 0. The van der Waals surface area contributed by atoms with Crippen molar-refractivity contribution in [2.24, 2.45) is 5.92 Å². The number of carbonyl (C=O) groups is 1. The van der Waals surface area contributed by atoms with Gasteiger partial charge in [0.05, 0.1) is 5.56 Å². The van der Waals surface area contributed by atoms with Crippen LogP contribution in [0.1, 0.15) is 28.8 Å². The molecule has 0 bridgehead atoms. The molecule has 1 fully saturated rings. The first-order valence-electron chi connectivity index (χ1n) is 7.22. The number of hydrogen-bond acceptors (Lipinski definition) is 3. The molecule has 1 aromatic carbocycles. The zero-order chi connectivity index (χ0) is 14.4. The molecule has 0 radical (unpaired) electrons. The lowest BCUT2D eigenvalue weighted by atomic mass is 9.98. The van der Waals surface area contributed by atoms with Crippen LogP contribution in [0.5, 0.6) is 0 Å². The monoisotopic (exact) mass is 293 g/mol. The number of nitrogens with zero attached hydrogens (tertiary/aromatic N) is 1. The Labute approximate surface area is 125 Å². The standard InChI is InChI=1S/C16H23NO2S/c1-20-10-2-8-17-9-7-14(12-17)11-13-3-5-15(6-4-13)16(18)19/h3-6,14H,2,7-12H2,1H3,(H,18,19). The Bertz CT molecular complexity index is 433. The molecular formula is C16H23NO2S. The van der Waals surface area contributed by atoms with Gasteiger partial charge in [0.1, 0.15) is 0 Å². The molecule has 3 nitrogen and oxygen atoms in total. The van der Waals surface area contributed by atoms with Crippen molar-refractivity contribution in [1.29, 1.82) is 0 Å². The van der Waals surface area contributed by atoms with E-state index in [9.17, 15) is 4.79 Å². The number of carboxylic acids is 1. The van der Waals surface area contributed by atoms with Crippen molar-refractivity contribution in [1.82, 2.24) is 4.90 Å². The highest BCUT2D eigenvalue weighted by molar-refractivity contribution is 7.98. The van der Waals surface area contributed by atoms with Crippen LogP contribution < -0.4 is 0 Å². The smallest absolute Gasteiger partial charge is 0.335 e. The summed E-state index contributed by atoms with van der Waals surface area (Å²) in [5.74, 6) is 1.12. The molecule has 1 atom stereocenters. The second-order valence-electron chi connectivity index (χ2n) is 5.51. The normalized spacial score (nSPS) is 19.4. The average molecular weight is 293 g/mol. The summed E-state index contributed by atoms with van der Waals surface area (Å²) in [7, 11) is 0. The number of aromatic carboxylic acids is 1. The second-order valence-corrected chi connectivity index (χ2v) is 6.49. The Morgan fingerprint density at radius 2 is 2.15 bits per heavy atom. The molecule has 0 saturated carbocycles. The molecule has 1 heterocycles. The Morgan fingerprint density at radius 3 is 2.80 bits per heavy atom. The number of rotatable bonds is 7. The number of hydrogen-bond donors (Lipinski definition) is 1. The third-order valence-electron chi connectivity index (χ3n) is 3.92. The molecule has 1 saturated heterocycles. The third-order valence-corrected chi connectivity index (χ3v) is 4.61. The summed E-state index contributed by atoms with van der Waals surface area (Å²) in [6.07, 6.45) is 5.77. The van der Waals surface area contributed by atoms with Crippen LogP contribution in [0, 0.1) is 5.92 Å². The van der Waals surface area contributed by atoms with E-state index < -0.39 is 5.97 Å². The van der Waals surface area contributed by atoms with Crippen molar-refractivity contribution < 1.29 is 9.90 Å². The second kappa shape index (κ2) is 7.70. The van der Waals surface area contributed by atoms with Crippen LogP contribution >= 0.6 is 11.8 Å². The third kappa shape index (κ3) is 4.53. The lowest BCUT2D eigenvalue weighted by Crippen LogP contribution is -2.22. The first-order chi connectivity index (χ1) is 9.69. The molecule has 1 unspecified atom stereocenters. The van der Waals surface area contributed by atoms with Crippen LogP contribution in [0.25, 0.3) is 0 Å². The van der Waals surface area contributed by atoms with Crippen LogP contribution in [0.4, 0.5) is 0 Å². The van der Waals surface area contributed by atoms with E-state index >= 15 is 0 Å². The first-order valence-corrected chi connectivity index (χ1v) is 8.62. The van der Waals surface area contributed by atoms with Crippen LogP contribution in [0.3, 0.4) is 0 Å². The zero-order valence-electron chi connectivity index (χ0n) is 12.0. The fourth-order valence-corrected chi connectivity index (χ4v) is 3.25. The van der Waals surface area contributed by atoms with Gasteiger partial charge < -0.3 is 10.0 Å². The minimum absolute atomic E-state index is 0.374. The molecule has 1 N–H and O–H groups in total. The summed E-state index contributed by atoms with van der Waals surface area (Å²) in [4.78, 5) is 13.4. The lowest BCUT2D eigenvalue weighted by Gasteiger charge is -2.15. The highest BCUT2D eigenvalue weighted by Crippen LogP contribution is 2.21. The molecular weight excluding hydrogens is 270 g/mol. The maximum atomic E-state index is 10.8. The van der Waals surface area contributed by atoms with Gasteiger partial charge in [-0.25, -0.2) is 4.79 Å². The van der Waals surface area contributed by atoms with Crippen LogP contribution in [0.2, 0.25) is 0 Å². The molecule has 0 amide bonds. The number of benzene rings is 1. The summed E-state index contributed by atoms with van der Waals surface area (Å²) in [5.41, 5.74) is 1.63. The molecule has 1 aliphatic heterocycles. The topological polar surface area (TPSA) is 40.5 Å². The maximum absolute atomic E-state index is 10.8. The van der Waals surface area contributed by atoms with Crippen LogP contribution in [-0.4, -0.2) is 47.6 Å². The van der Waals surface area contributed by atoms with Gasteiger partial charge in [-0.1, -0.05) is 12.1 Å². The van der Waals surface area contributed by atoms with Crippen molar-refractivity contribution in [3.63, 3.8) is 0 Å². The van der Waals surface area contributed by atoms with Gasteiger partial charge in [0.25, 0.3) is 0 Å². The van der Waals surface area contributed by atoms with E-state index in [2.05, 4.69) is 11.2 Å². The maximum Gasteiger partial charge on any atom is 0.335 e. The quantitative estimate of drug-likeness (QED) is 0.785. The largest absolute Gasteiger partial charge is 0.478 e. The average Bonchev–Trinajstić information content (AvgIpc) is 2.87. The van der Waals surface area contributed by atoms with Gasteiger partial charge in [0.2, 0.25) is 0 Å². The van der Waals surface area contributed by atoms with Crippen molar-refractivity contribution >= 4 is 17.7 Å². The van der Waals surface area contributed by atoms with Gasteiger partial charge in [0.15, 0.2) is 0 Å². The highest BCUT2D eigenvalue weighted by atomic mass is 32.2. The van der Waals surface area contributed by atoms with Crippen molar-refractivity contribution in [3.05, 3.63) is 35.4 Å². The van der Waals surface area contributed by atoms with E-state index in [-0.39, 0.29) is 0 Å². The van der Waals surface area contributed by atoms with E-state index in [1.165, 1.54) is 43.8 Å². The van der Waals surface area contributed by atoms with Gasteiger partial charge in [-0.3, -0.25) is 0 Å². The summed E-state index contributed by atoms with van der Waals surface area (Å²) in [5, 5.41) is 8.89. The number of thioether (sulfide) groups is 1. The van der Waals surface area contributed by atoms with E-state index in [0.29, 0.717) is 5.56 Å². The summed E-state index contributed by atoms with van der Waals surface area (Å²) in [6.45, 7) is 3.62. The Hall–Kier alpha value is -1.00. The minimum atomic E-state index is -0.850. The predicted octanol–water partition coefficient (Wildman–Crippen LogP) is 3.00. The van der Waals surface area contributed by atoms with Gasteiger partial charge >= 0.3 is 5.97 Å². The molecule has 1 aliphatic rings. The van der Waals surface area contributed by atoms with Crippen LogP contribution in [0.15, 0.2) is 24.3 Å². The molecule has 20 heavy (non-hydrogen) atoms. The first kappa shape index (κ1) is 15.4. The lowest BCUT2D eigenvalue weighted by molar-refractivity contribution is 0.0697. The van der Waals surface area contributed by atoms with Crippen molar-refractivity contribution in [3.8, 4) is 0 Å². The molecule has 0 aromatic heterocycles. The Balaban J connectivity index is 1.78. The van der Waals surface area contributed by atoms with E-state index in [1.807, 2.05) is 23.9 Å². The minimum Gasteiger partial charge on any atom is -0.478 e. The van der Waals surface area contributed by atoms with Gasteiger partial charge in [-0.2, -0.15) is 11.8 Å². The zero-order valence-corrected chi connectivity index (χ0v) is 12.9. The predicted molar refractivity (Wildman–Crippen MR) is 84.7 cm³/mol. The van der Waals surface area contributed by atoms with Gasteiger partial charge in [-0.05, 0) is 68.0 Å². The van der Waals surface area contributed by atoms with Crippen molar-refractivity contribution in [2.45, 2.75) is 19.3 Å². The van der Waals surface area contributed by atoms with Gasteiger partial charge in [-0.15, -0.1) is 0 Å². The highest BCUT2D eigenvalue weighted by Gasteiger charge is 2.22. The molecule has 2 rings (SSSR count).